The fourth-order valence-corrected chi connectivity index (χ4v) is 4.18. The Balaban J connectivity index is 2.46. The number of benzene rings is 2. The van der Waals surface area contributed by atoms with E-state index in [2.05, 4.69) is 52.9 Å². The predicted octanol–water partition coefficient (Wildman–Crippen LogP) is 6.70. The summed E-state index contributed by atoms with van der Waals surface area (Å²) in [5, 5.41) is 13.1. The van der Waals surface area contributed by atoms with Gasteiger partial charge in [-0.1, -0.05) is 15.9 Å². The summed E-state index contributed by atoms with van der Waals surface area (Å²) in [6.07, 6.45) is -4.74. The molecule has 0 fully saturated rings. The smallest absolute Gasteiger partial charge is 0.422 e. The van der Waals surface area contributed by atoms with Crippen LogP contribution in [0.5, 0.6) is 5.75 Å². The number of halogens is 10. The van der Waals surface area contributed by atoms with Crippen LogP contribution in [0.25, 0.3) is 0 Å². The van der Waals surface area contributed by atoms with E-state index in [0.29, 0.717) is 4.47 Å². The van der Waals surface area contributed by atoms with Crippen molar-refractivity contribution in [1.82, 2.24) is 0 Å². The van der Waals surface area contributed by atoms with Gasteiger partial charge in [-0.25, -0.2) is 17.6 Å². The molecule has 0 aromatic heterocycles. The molecule has 0 atom stereocenters. The van der Waals surface area contributed by atoms with Crippen molar-refractivity contribution in [3.8, 4) is 5.75 Å². The molecule has 0 aliphatic rings. The second-order valence-corrected chi connectivity index (χ2v) is 7.29. The van der Waals surface area contributed by atoms with Gasteiger partial charge < -0.3 is 5.11 Å². The first kappa shape index (κ1) is 22.0. The fourth-order valence-electron chi connectivity index (χ4n) is 1.85. The van der Waals surface area contributed by atoms with Crippen LogP contribution in [0.1, 0.15) is 11.1 Å². The summed E-state index contributed by atoms with van der Waals surface area (Å²) in [6, 6.07) is 1.40. The van der Waals surface area contributed by atoms with Crippen LogP contribution in [0.2, 0.25) is 0 Å². The Labute approximate surface area is 171 Å². The number of hydrogen-bond acceptors (Lipinski definition) is 3. The van der Waals surface area contributed by atoms with Crippen LogP contribution in [-0.2, 0) is 6.18 Å². The first-order valence-electron chi connectivity index (χ1n) is 6.46. The number of phenolic OH excluding ortho intramolecular Hbond substituents is 1. The van der Waals surface area contributed by atoms with Gasteiger partial charge >= 0.3 is 6.18 Å². The first-order chi connectivity index (χ1) is 12.4. The minimum absolute atomic E-state index is 0.0972. The summed E-state index contributed by atoms with van der Waals surface area (Å²) in [4.78, 5) is 0. The van der Waals surface area contributed by atoms with Gasteiger partial charge in [0, 0.05) is 10.0 Å². The van der Waals surface area contributed by atoms with E-state index in [1.165, 1.54) is 6.07 Å². The van der Waals surface area contributed by atoms with Crippen LogP contribution in [-0.4, -0.2) is 11.3 Å². The maximum atomic E-state index is 13.8. The molecule has 2 N–H and O–H groups in total. The molecule has 0 amide bonds. The number of nitrogens with one attached hydrogen (secondary N) is 1. The topological polar surface area (TPSA) is 44.6 Å². The summed E-state index contributed by atoms with van der Waals surface area (Å²) >= 11 is 9.20. The Morgan fingerprint density at radius 2 is 1.44 bits per heavy atom. The SMILES string of the molecule is Oc1c(Br)cc(Br)c(/C=N\Nc2c(F)c(F)c(C(F)(F)F)c(F)c2F)c1Br. The lowest BCUT2D eigenvalue weighted by atomic mass is 10.1. The van der Waals surface area contributed by atoms with E-state index in [1.54, 1.807) is 5.43 Å². The highest BCUT2D eigenvalue weighted by Crippen LogP contribution is 2.40. The molecule has 0 unspecified atom stereocenters. The predicted molar refractivity (Wildman–Crippen MR) is 93.7 cm³/mol. The van der Waals surface area contributed by atoms with Crippen LogP contribution in [0.3, 0.4) is 0 Å². The van der Waals surface area contributed by atoms with Crippen molar-refractivity contribution in [3.63, 3.8) is 0 Å². The third-order valence-corrected chi connectivity index (χ3v) is 5.16. The normalized spacial score (nSPS) is 12.1. The number of hydrazone groups is 1. The van der Waals surface area contributed by atoms with Gasteiger partial charge in [-0.2, -0.15) is 18.3 Å². The first-order valence-corrected chi connectivity index (χ1v) is 8.84. The number of phenols is 1. The van der Waals surface area contributed by atoms with E-state index in [4.69, 9.17) is 0 Å². The monoisotopic (exact) mass is 586 g/mol. The molecule has 0 spiro atoms. The Kier molecular flexibility index (Phi) is 6.47. The van der Waals surface area contributed by atoms with E-state index in [0.717, 1.165) is 6.21 Å². The van der Waals surface area contributed by atoms with E-state index < -0.39 is 40.7 Å². The van der Waals surface area contributed by atoms with Crippen molar-refractivity contribution in [1.29, 1.82) is 0 Å². The molecular weight excluding hydrogens is 585 g/mol. The van der Waals surface area contributed by atoms with Gasteiger partial charge in [-0.05, 0) is 37.9 Å². The van der Waals surface area contributed by atoms with Gasteiger partial charge in [0.2, 0.25) is 0 Å². The molecule has 0 aliphatic heterocycles. The lowest BCUT2D eigenvalue weighted by Crippen LogP contribution is -2.16. The van der Waals surface area contributed by atoms with Crippen LogP contribution < -0.4 is 5.43 Å². The second-order valence-electron chi connectivity index (χ2n) is 4.79. The molecule has 0 bridgehead atoms. The minimum Gasteiger partial charge on any atom is -0.506 e. The Morgan fingerprint density at radius 3 is 1.93 bits per heavy atom. The van der Waals surface area contributed by atoms with Crippen molar-refractivity contribution in [2.45, 2.75) is 6.18 Å². The number of rotatable bonds is 3. The van der Waals surface area contributed by atoms with Gasteiger partial charge in [0.05, 0.1) is 15.2 Å². The van der Waals surface area contributed by atoms with E-state index in [9.17, 15) is 35.8 Å². The Bertz CT molecular complexity index is 919. The van der Waals surface area contributed by atoms with Gasteiger partial charge in [0.15, 0.2) is 23.3 Å². The number of alkyl halides is 3. The second kappa shape index (κ2) is 7.95. The molecule has 0 saturated heterocycles. The third kappa shape index (κ3) is 4.24. The summed E-state index contributed by atoms with van der Waals surface area (Å²) in [7, 11) is 0. The molecule has 0 radical (unpaired) electrons. The zero-order chi connectivity index (χ0) is 20.7. The lowest BCUT2D eigenvalue weighted by Gasteiger charge is -2.13. The van der Waals surface area contributed by atoms with Crippen molar-refractivity contribution < 1.29 is 35.8 Å². The third-order valence-electron chi connectivity index (χ3n) is 3.10. The van der Waals surface area contributed by atoms with Crippen molar-refractivity contribution in [2.75, 3.05) is 5.43 Å². The van der Waals surface area contributed by atoms with Crippen LogP contribution >= 0.6 is 47.8 Å². The molecule has 3 nitrogen and oxygen atoms in total. The maximum absolute atomic E-state index is 13.8. The minimum atomic E-state index is -5.64. The highest BCUT2D eigenvalue weighted by atomic mass is 79.9. The van der Waals surface area contributed by atoms with Crippen molar-refractivity contribution in [3.05, 3.63) is 53.9 Å². The molecule has 27 heavy (non-hydrogen) atoms. The van der Waals surface area contributed by atoms with Crippen LogP contribution in [0, 0.1) is 23.3 Å². The number of anilines is 1. The molecule has 13 heteroatoms. The van der Waals surface area contributed by atoms with Gasteiger partial charge in [-0.3, -0.25) is 5.43 Å². The Hall–Kier alpha value is -1.34. The van der Waals surface area contributed by atoms with E-state index >= 15 is 0 Å². The molecule has 146 valence electrons. The molecule has 2 aromatic carbocycles. The molecule has 2 aromatic rings. The van der Waals surface area contributed by atoms with Gasteiger partial charge in [0.1, 0.15) is 17.0 Å². The lowest BCUT2D eigenvalue weighted by molar-refractivity contribution is -0.143. The molecule has 0 heterocycles. The standard InChI is InChI=1S/C14H4Br3F7N2O/c15-4-1-5(16)13(27)7(17)3(4)2-25-26-12-10(20)8(18)6(14(22,23)24)9(19)11(12)21/h1-2,26-27H/b25-2-. The highest BCUT2D eigenvalue weighted by Gasteiger charge is 2.42. The Morgan fingerprint density at radius 1 is 0.926 bits per heavy atom. The van der Waals surface area contributed by atoms with E-state index in [-0.39, 0.29) is 20.3 Å². The van der Waals surface area contributed by atoms with Crippen molar-refractivity contribution >= 4 is 59.7 Å². The van der Waals surface area contributed by atoms with Gasteiger partial charge in [0.25, 0.3) is 0 Å². The fraction of sp³-hybridized carbons (Fsp3) is 0.0714. The van der Waals surface area contributed by atoms with Crippen LogP contribution in [0.15, 0.2) is 24.6 Å². The van der Waals surface area contributed by atoms with Crippen molar-refractivity contribution in [2.24, 2.45) is 5.10 Å². The van der Waals surface area contributed by atoms with Gasteiger partial charge in [-0.15, -0.1) is 0 Å². The maximum Gasteiger partial charge on any atom is 0.422 e. The average molecular weight is 589 g/mol. The summed E-state index contributed by atoms with van der Waals surface area (Å²) in [5.41, 5.74) is -2.47. The molecule has 2 rings (SSSR count). The zero-order valence-electron chi connectivity index (χ0n) is 12.3. The number of nitrogens with zero attached hydrogens (tertiary/aromatic N) is 1. The van der Waals surface area contributed by atoms with E-state index in [1.807, 2.05) is 0 Å². The molecule has 0 aliphatic carbocycles. The molecule has 0 saturated carbocycles. The largest absolute Gasteiger partial charge is 0.506 e. The highest BCUT2D eigenvalue weighted by molar-refractivity contribution is 9.11. The van der Waals surface area contributed by atoms with Crippen LogP contribution in [0.4, 0.5) is 36.4 Å². The number of hydrogen-bond donors (Lipinski definition) is 2. The summed E-state index contributed by atoms with van der Waals surface area (Å²) in [6.45, 7) is 0. The zero-order valence-corrected chi connectivity index (χ0v) is 17.1. The summed E-state index contributed by atoms with van der Waals surface area (Å²) in [5.74, 6) is -10.1. The quantitative estimate of drug-likeness (QED) is 0.181. The average Bonchev–Trinajstić information content (AvgIpc) is 2.55. The molecular formula is C14H4Br3F7N2O. The number of aromatic hydroxyl groups is 1. The summed E-state index contributed by atoms with van der Waals surface area (Å²) < 4.78 is 92.9.